The minimum atomic E-state index is 0.645. The molecule has 0 aliphatic carbocycles. The van der Waals surface area contributed by atoms with Crippen LogP contribution in [0.1, 0.15) is 5.56 Å². The van der Waals surface area contributed by atoms with Crippen LogP contribution in [0.5, 0.6) is 11.5 Å². The van der Waals surface area contributed by atoms with Gasteiger partial charge in [-0.2, -0.15) is 0 Å². The summed E-state index contributed by atoms with van der Waals surface area (Å²) in [4.78, 5) is 5.10. The molecule has 132 valence electrons. The number of anilines is 1. The second-order valence-corrected chi connectivity index (χ2v) is 6.69. The Kier molecular flexibility index (Phi) is 5.08. The van der Waals surface area contributed by atoms with Crippen molar-refractivity contribution in [3.63, 3.8) is 0 Å². The molecule has 1 heterocycles. The highest BCUT2D eigenvalue weighted by Crippen LogP contribution is 2.22. The molecule has 0 amide bonds. The molecule has 3 nitrogen and oxygen atoms in total. The van der Waals surface area contributed by atoms with Crippen LogP contribution in [0.3, 0.4) is 0 Å². The average Bonchev–Trinajstić information content (AvgIpc) is 2.69. The number of hydrogen-bond donors (Lipinski definition) is 1. The molecule has 0 aliphatic rings. The Morgan fingerprint density at radius 2 is 1.70 bits per heavy atom. The third-order valence-corrected chi connectivity index (χ3v) is 4.38. The third kappa shape index (κ3) is 4.49. The monoisotopic (exact) mass is 370 g/mol. The van der Waals surface area contributed by atoms with Gasteiger partial charge in [-0.1, -0.05) is 48.6 Å². The molecular formula is C23H18N2OS. The second-order valence-electron chi connectivity index (χ2n) is 6.20. The van der Waals surface area contributed by atoms with Crippen LogP contribution in [0.2, 0.25) is 0 Å². The van der Waals surface area contributed by atoms with Gasteiger partial charge in [0.25, 0.3) is 0 Å². The van der Waals surface area contributed by atoms with E-state index in [1.807, 2.05) is 72.8 Å². The number of pyridine rings is 1. The van der Waals surface area contributed by atoms with Gasteiger partial charge in [-0.25, -0.2) is 0 Å². The molecular weight excluding hydrogens is 352 g/mol. The largest absolute Gasteiger partial charge is 0.457 e. The van der Waals surface area contributed by atoms with E-state index in [4.69, 9.17) is 17.0 Å². The number of aromatic nitrogens is 1. The van der Waals surface area contributed by atoms with Gasteiger partial charge in [0.15, 0.2) is 0 Å². The van der Waals surface area contributed by atoms with Crippen molar-refractivity contribution in [3.8, 4) is 11.5 Å². The maximum atomic E-state index is 5.90. The lowest BCUT2D eigenvalue weighted by Crippen LogP contribution is -2.12. The number of nitrogens with zero attached hydrogens (tertiary/aromatic N) is 1. The highest BCUT2D eigenvalue weighted by atomic mass is 32.1. The molecule has 4 heteroatoms. The molecule has 0 aliphatic heterocycles. The van der Waals surface area contributed by atoms with Crippen molar-refractivity contribution in [2.75, 3.05) is 5.32 Å². The summed E-state index contributed by atoms with van der Waals surface area (Å²) >= 11 is 5.55. The number of para-hydroxylation sites is 1. The van der Waals surface area contributed by atoms with Crippen molar-refractivity contribution in [2.24, 2.45) is 0 Å². The van der Waals surface area contributed by atoms with Crippen molar-refractivity contribution in [3.05, 3.63) is 96.7 Å². The highest BCUT2D eigenvalue weighted by Gasteiger charge is 2.04. The summed E-state index contributed by atoms with van der Waals surface area (Å²) in [7, 11) is 0. The van der Waals surface area contributed by atoms with Crippen molar-refractivity contribution >= 4 is 33.8 Å². The molecule has 0 fully saturated rings. The Morgan fingerprint density at radius 1 is 0.852 bits per heavy atom. The van der Waals surface area contributed by atoms with E-state index >= 15 is 0 Å². The summed E-state index contributed by atoms with van der Waals surface area (Å²) in [6.45, 7) is 0. The molecule has 0 radical (unpaired) electrons. The van der Waals surface area contributed by atoms with Crippen LogP contribution in [0.4, 0.5) is 5.69 Å². The fourth-order valence-electron chi connectivity index (χ4n) is 2.89. The molecule has 0 unspecified atom stereocenters. The Morgan fingerprint density at radius 3 is 2.59 bits per heavy atom. The molecule has 1 N–H and O–H groups in total. The minimum absolute atomic E-state index is 0.645. The van der Waals surface area contributed by atoms with E-state index < -0.39 is 0 Å². The fraction of sp³-hybridized carbons (Fsp3) is 0.0435. The summed E-state index contributed by atoms with van der Waals surface area (Å²) in [5, 5.41) is 4.40. The van der Waals surface area contributed by atoms with Gasteiger partial charge in [0.05, 0.1) is 10.5 Å². The maximum absolute atomic E-state index is 5.90. The zero-order valence-electron chi connectivity index (χ0n) is 14.6. The van der Waals surface area contributed by atoms with Crippen molar-refractivity contribution in [2.45, 2.75) is 6.42 Å². The SMILES string of the molecule is S=C(Cc1cccc(Oc2ccccc2)c1)Nc1ccc2ncccc2c1. The summed E-state index contributed by atoms with van der Waals surface area (Å²) < 4.78 is 5.90. The van der Waals surface area contributed by atoms with E-state index in [1.54, 1.807) is 6.20 Å². The zero-order chi connectivity index (χ0) is 18.5. The first-order valence-corrected chi connectivity index (χ1v) is 9.13. The van der Waals surface area contributed by atoms with E-state index in [0.29, 0.717) is 6.42 Å². The lowest BCUT2D eigenvalue weighted by atomic mass is 10.1. The van der Waals surface area contributed by atoms with Gasteiger partial charge >= 0.3 is 0 Å². The van der Waals surface area contributed by atoms with E-state index in [2.05, 4.69) is 22.4 Å². The number of fused-ring (bicyclic) bond motifs is 1. The van der Waals surface area contributed by atoms with Crippen LogP contribution in [-0.4, -0.2) is 9.97 Å². The van der Waals surface area contributed by atoms with E-state index in [0.717, 1.165) is 38.6 Å². The predicted molar refractivity (Wildman–Crippen MR) is 115 cm³/mol. The third-order valence-electron chi connectivity index (χ3n) is 4.13. The minimum Gasteiger partial charge on any atom is -0.457 e. The van der Waals surface area contributed by atoms with E-state index in [1.165, 1.54) is 0 Å². The topological polar surface area (TPSA) is 34.1 Å². The zero-order valence-corrected chi connectivity index (χ0v) is 15.4. The molecule has 0 bridgehead atoms. The number of hydrogen-bond acceptors (Lipinski definition) is 3. The summed E-state index contributed by atoms with van der Waals surface area (Å²) in [6.07, 6.45) is 2.44. The van der Waals surface area contributed by atoms with E-state index in [9.17, 15) is 0 Å². The first-order chi connectivity index (χ1) is 13.3. The smallest absolute Gasteiger partial charge is 0.127 e. The van der Waals surface area contributed by atoms with Gasteiger partial charge < -0.3 is 10.1 Å². The Hall–Kier alpha value is -3.24. The molecule has 4 rings (SSSR count). The molecule has 27 heavy (non-hydrogen) atoms. The lowest BCUT2D eigenvalue weighted by molar-refractivity contribution is 0.482. The van der Waals surface area contributed by atoms with Crippen LogP contribution in [0.15, 0.2) is 91.1 Å². The quantitative estimate of drug-likeness (QED) is 0.436. The van der Waals surface area contributed by atoms with Crippen molar-refractivity contribution < 1.29 is 4.74 Å². The van der Waals surface area contributed by atoms with Gasteiger partial charge in [-0.3, -0.25) is 4.98 Å². The summed E-state index contributed by atoms with van der Waals surface area (Å²) in [5.74, 6) is 1.62. The Balaban J connectivity index is 1.43. The first-order valence-electron chi connectivity index (χ1n) is 8.73. The number of thiocarbonyl (C=S) groups is 1. The molecule has 4 aromatic rings. The number of rotatable bonds is 5. The molecule has 0 saturated carbocycles. The molecule has 0 atom stereocenters. The summed E-state index contributed by atoms with van der Waals surface area (Å²) in [5.41, 5.74) is 3.04. The van der Waals surface area contributed by atoms with Gasteiger partial charge in [-0.05, 0) is 54.1 Å². The van der Waals surface area contributed by atoms with Gasteiger partial charge in [-0.15, -0.1) is 0 Å². The molecule has 1 aromatic heterocycles. The van der Waals surface area contributed by atoms with Crippen LogP contribution in [-0.2, 0) is 6.42 Å². The van der Waals surface area contributed by atoms with Crippen LogP contribution >= 0.6 is 12.2 Å². The lowest BCUT2D eigenvalue weighted by Gasteiger charge is -2.10. The summed E-state index contributed by atoms with van der Waals surface area (Å²) in [6, 6.07) is 27.8. The number of ether oxygens (including phenoxy) is 1. The highest BCUT2D eigenvalue weighted by molar-refractivity contribution is 7.80. The second kappa shape index (κ2) is 7.98. The van der Waals surface area contributed by atoms with Gasteiger partial charge in [0.2, 0.25) is 0 Å². The van der Waals surface area contributed by atoms with Crippen LogP contribution in [0.25, 0.3) is 10.9 Å². The first kappa shape index (κ1) is 17.2. The van der Waals surface area contributed by atoms with Gasteiger partial charge in [0.1, 0.15) is 11.5 Å². The molecule has 0 saturated heterocycles. The van der Waals surface area contributed by atoms with Crippen LogP contribution < -0.4 is 10.1 Å². The number of nitrogens with one attached hydrogen (secondary N) is 1. The Bertz CT molecular complexity index is 1080. The van der Waals surface area contributed by atoms with Crippen molar-refractivity contribution in [1.29, 1.82) is 0 Å². The van der Waals surface area contributed by atoms with Crippen molar-refractivity contribution in [1.82, 2.24) is 4.98 Å². The average molecular weight is 370 g/mol. The maximum Gasteiger partial charge on any atom is 0.127 e. The molecule has 0 spiro atoms. The van der Waals surface area contributed by atoms with E-state index in [-0.39, 0.29) is 0 Å². The van der Waals surface area contributed by atoms with Crippen LogP contribution in [0, 0.1) is 0 Å². The standard InChI is InChI=1S/C23H18N2OS/c27-23(25-19-11-12-22-18(16-19)7-5-13-24-22)15-17-6-4-10-21(14-17)26-20-8-2-1-3-9-20/h1-14,16H,15H2,(H,25,27). The fourth-order valence-corrected chi connectivity index (χ4v) is 3.17. The molecule has 3 aromatic carbocycles. The Labute approximate surface area is 163 Å². The normalized spacial score (nSPS) is 10.5. The van der Waals surface area contributed by atoms with Gasteiger partial charge in [0, 0.05) is 23.7 Å². The predicted octanol–water partition coefficient (Wildman–Crippen LogP) is 6.01. The number of benzene rings is 3.